The van der Waals surface area contributed by atoms with Crippen LogP contribution in [-0.2, 0) is 0 Å². The molecule has 0 atom stereocenters. The number of ether oxygens (including phenoxy) is 1. The van der Waals surface area contributed by atoms with Crippen molar-refractivity contribution in [2.75, 3.05) is 5.73 Å². The second-order valence-corrected chi connectivity index (χ2v) is 3.93. The zero-order valence-electron chi connectivity index (χ0n) is 8.15. The van der Waals surface area contributed by atoms with Crippen molar-refractivity contribution in [2.45, 2.75) is 0 Å². The van der Waals surface area contributed by atoms with Crippen molar-refractivity contribution in [1.29, 1.82) is 0 Å². The fourth-order valence-electron chi connectivity index (χ4n) is 1.18. The Morgan fingerprint density at radius 2 is 1.94 bits per heavy atom. The molecule has 0 saturated carbocycles. The van der Waals surface area contributed by atoms with E-state index < -0.39 is 0 Å². The number of nitrogen functional groups attached to an aromatic ring is 1. The van der Waals surface area contributed by atoms with Crippen LogP contribution in [-0.4, -0.2) is 4.98 Å². The molecule has 3 nitrogen and oxygen atoms in total. The first-order valence-corrected chi connectivity index (χ1v) is 5.25. The number of hydrogen-bond acceptors (Lipinski definition) is 3. The molecule has 82 valence electrons. The van der Waals surface area contributed by atoms with Crippen molar-refractivity contribution in [2.24, 2.45) is 0 Å². The Bertz CT molecular complexity index is 517. The van der Waals surface area contributed by atoms with Gasteiger partial charge in [-0.05, 0) is 18.2 Å². The van der Waals surface area contributed by atoms with Gasteiger partial charge in [0.1, 0.15) is 16.5 Å². The van der Waals surface area contributed by atoms with Gasteiger partial charge in [0.25, 0.3) is 0 Å². The standard InChI is InChI=1S/C11H8Cl2N2O/c12-7-1-2-11(9(14)5-7)16-10-3-4-15-6-8(10)13/h1-6H,14H2. The minimum absolute atomic E-state index is 0.428. The van der Waals surface area contributed by atoms with Crippen molar-refractivity contribution < 1.29 is 4.74 Å². The number of nitrogens with two attached hydrogens (primary N) is 1. The third-order valence-electron chi connectivity index (χ3n) is 1.93. The lowest BCUT2D eigenvalue weighted by Gasteiger charge is -2.09. The van der Waals surface area contributed by atoms with Gasteiger partial charge >= 0.3 is 0 Å². The Labute approximate surface area is 103 Å². The van der Waals surface area contributed by atoms with Crippen LogP contribution in [0.3, 0.4) is 0 Å². The average Bonchev–Trinajstić information content (AvgIpc) is 2.25. The monoisotopic (exact) mass is 254 g/mol. The molecule has 0 radical (unpaired) electrons. The summed E-state index contributed by atoms with van der Waals surface area (Å²) in [5, 5.41) is 0.988. The molecule has 0 unspecified atom stereocenters. The lowest BCUT2D eigenvalue weighted by Crippen LogP contribution is -1.92. The van der Waals surface area contributed by atoms with Crippen LogP contribution in [0.2, 0.25) is 10.0 Å². The summed E-state index contributed by atoms with van der Waals surface area (Å²) in [6, 6.07) is 6.67. The molecule has 2 rings (SSSR count). The number of hydrogen-bond donors (Lipinski definition) is 1. The number of nitrogens with zero attached hydrogens (tertiary/aromatic N) is 1. The summed E-state index contributed by atoms with van der Waals surface area (Å²) in [6.07, 6.45) is 3.09. The topological polar surface area (TPSA) is 48.1 Å². The molecule has 2 N–H and O–H groups in total. The third kappa shape index (κ3) is 2.38. The fourth-order valence-corrected chi connectivity index (χ4v) is 1.51. The highest BCUT2D eigenvalue weighted by molar-refractivity contribution is 6.32. The minimum atomic E-state index is 0.428. The van der Waals surface area contributed by atoms with Crippen LogP contribution in [0.15, 0.2) is 36.7 Å². The van der Waals surface area contributed by atoms with Crippen LogP contribution in [0.4, 0.5) is 5.69 Å². The van der Waals surface area contributed by atoms with Crippen LogP contribution in [0.1, 0.15) is 0 Å². The van der Waals surface area contributed by atoms with E-state index in [0.29, 0.717) is 27.2 Å². The number of anilines is 1. The molecule has 0 amide bonds. The van der Waals surface area contributed by atoms with Gasteiger partial charge in [-0.1, -0.05) is 23.2 Å². The van der Waals surface area contributed by atoms with E-state index in [-0.39, 0.29) is 0 Å². The van der Waals surface area contributed by atoms with Gasteiger partial charge in [0.2, 0.25) is 0 Å². The molecule has 2 aromatic rings. The first-order chi connectivity index (χ1) is 7.66. The van der Waals surface area contributed by atoms with E-state index >= 15 is 0 Å². The molecular weight excluding hydrogens is 247 g/mol. The molecule has 1 aromatic heterocycles. The molecule has 0 bridgehead atoms. The summed E-state index contributed by atoms with van der Waals surface area (Å²) in [4.78, 5) is 3.86. The SMILES string of the molecule is Nc1cc(Cl)ccc1Oc1ccncc1Cl. The molecule has 0 spiro atoms. The predicted molar refractivity (Wildman–Crippen MR) is 65.2 cm³/mol. The minimum Gasteiger partial charge on any atom is -0.454 e. The third-order valence-corrected chi connectivity index (χ3v) is 2.45. The largest absolute Gasteiger partial charge is 0.454 e. The number of rotatable bonds is 2. The zero-order valence-corrected chi connectivity index (χ0v) is 9.66. The first-order valence-electron chi connectivity index (χ1n) is 4.49. The van der Waals surface area contributed by atoms with Crippen LogP contribution in [0, 0.1) is 0 Å². The normalized spacial score (nSPS) is 10.1. The molecule has 0 saturated heterocycles. The second-order valence-electron chi connectivity index (χ2n) is 3.09. The Morgan fingerprint density at radius 3 is 2.62 bits per heavy atom. The first kappa shape index (κ1) is 11.0. The molecule has 0 aliphatic rings. The van der Waals surface area contributed by atoms with Gasteiger partial charge in [-0.3, -0.25) is 4.98 Å². The maximum atomic E-state index is 5.90. The maximum absolute atomic E-state index is 5.90. The van der Waals surface area contributed by atoms with E-state index in [1.54, 1.807) is 30.5 Å². The van der Waals surface area contributed by atoms with Gasteiger partial charge in [0.05, 0.1) is 5.69 Å². The number of benzene rings is 1. The molecule has 5 heteroatoms. The summed E-state index contributed by atoms with van der Waals surface area (Å²) in [5.74, 6) is 1.02. The van der Waals surface area contributed by atoms with Crippen molar-refractivity contribution in [3.05, 3.63) is 46.7 Å². The van der Waals surface area contributed by atoms with E-state index in [1.165, 1.54) is 6.20 Å². The zero-order chi connectivity index (χ0) is 11.5. The van der Waals surface area contributed by atoms with E-state index in [9.17, 15) is 0 Å². The fraction of sp³-hybridized carbons (Fsp3) is 0. The second kappa shape index (κ2) is 4.60. The van der Waals surface area contributed by atoms with Gasteiger partial charge in [0.15, 0.2) is 0 Å². The molecule has 0 aliphatic heterocycles. The predicted octanol–water partition coefficient (Wildman–Crippen LogP) is 3.76. The highest BCUT2D eigenvalue weighted by Gasteiger charge is 2.05. The Kier molecular flexibility index (Phi) is 3.17. The molecule has 0 aliphatic carbocycles. The molecular formula is C11H8Cl2N2O. The number of halogens is 2. The lowest BCUT2D eigenvalue weighted by molar-refractivity contribution is 0.484. The van der Waals surface area contributed by atoms with Crippen molar-refractivity contribution in [3.63, 3.8) is 0 Å². The van der Waals surface area contributed by atoms with Crippen molar-refractivity contribution in [1.82, 2.24) is 4.98 Å². The Balaban J connectivity index is 2.31. The smallest absolute Gasteiger partial charge is 0.150 e. The van der Waals surface area contributed by atoms with Gasteiger partial charge in [-0.2, -0.15) is 0 Å². The molecule has 0 fully saturated rings. The van der Waals surface area contributed by atoms with E-state index in [2.05, 4.69) is 4.98 Å². The molecule has 1 aromatic carbocycles. The number of pyridine rings is 1. The van der Waals surface area contributed by atoms with Crippen LogP contribution in [0.5, 0.6) is 11.5 Å². The average molecular weight is 255 g/mol. The lowest BCUT2D eigenvalue weighted by atomic mass is 10.3. The van der Waals surface area contributed by atoms with Gasteiger partial charge in [-0.15, -0.1) is 0 Å². The summed E-state index contributed by atoms with van der Waals surface area (Å²) < 4.78 is 5.54. The molecule has 1 heterocycles. The van der Waals surface area contributed by atoms with Crippen LogP contribution < -0.4 is 10.5 Å². The van der Waals surface area contributed by atoms with E-state index in [0.717, 1.165) is 0 Å². The summed E-state index contributed by atoms with van der Waals surface area (Å²) in [6.45, 7) is 0. The van der Waals surface area contributed by atoms with Crippen molar-refractivity contribution in [3.8, 4) is 11.5 Å². The summed E-state index contributed by atoms with van der Waals surface area (Å²) in [5.41, 5.74) is 6.21. The van der Waals surface area contributed by atoms with Crippen LogP contribution >= 0.6 is 23.2 Å². The Hall–Kier alpha value is -1.45. The maximum Gasteiger partial charge on any atom is 0.150 e. The Morgan fingerprint density at radius 1 is 1.12 bits per heavy atom. The quantitative estimate of drug-likeness (QED) is 0.831. The van der Waals surface area contributed by atoms with Gasteiger partial charge in [0, 0.05) is 23.5 Å². The van der Waals surface area contributed by atoms with E-state index in [4.69, 9.17) is 33.7 Å². The highest BCUT2D eigenvalue weighted by atomic mass is 35.5. The van der Waals surface area contributed by atoms with E-state index in [1.807, 2.05) is 0 Å². The summed E-state index contributed by atoms with van der Waals surface area (Å²) in [7, 11) is 0. The number of aromatic nitrogens is 1. The van der Waals surface area contributed by atoms with Gasteiger partial charge in [-0.25, -0.2) is 0 Å². The summed E-state index contributed by atoms with van der Waals surface area (Å²) >= 11 is 11.7. The highest BCUT2D eigenvalue weighted by Crippen LogP contribution is 2.32. The van der Waals surface area contributed by atoms with Gasteiger partial charge < -0.3 is 10.5 Å². The van der Waals surface area contributed by atoms with Crippen LogP contribution in [0.25, 0.3) is 0 Å². The molecule has 16 heavy (non-hydrogen) atoms. The van der Waals surface area contributed by atoms with Crippen molar-refractivity contribution >= 4 is 28.9 Å².